The van der Waals surface area contributed by atoms with Gasteiger partial charge in [0.1, 0.15) is 0 Å². The van der Waals surface area contributed by atoms with Gasteiger partial charge in [-0.1, -0.05) is 32.0 Å². The molecule has 0 saturated heterocycles. The van der Waals surface area contributed by atoms with Crippen LogP contribution in [0.15, 0.2) is 70.6 Å². The van der Waals surface area contributed by atoms with Crippen molar-refractivity contribution in [3.63, 3.8) is 0 Å². The van der Waals surface area contributed by atoms with Gasteiger partial charge in [-0.05, 0) is 42.3 Å². The van der Waals surface area contributed by atoms with Crippen molar-refractivity contribution in [2.75, 3.05) is 11.6 Å². The molecule has 0 radical (unpaired) electrons. The Morgan fingerprint density at radius 3 is 2.50 bits per heavy atom. The van der Waals surface area contributed by atoms with Gasteiger partial charge < -0.3 is 5.32 Å². The highest BCUT2D eigenvalue weighted by atomic mass is 32.2. The summed E-state index contributed by atoms with van der Waals surface area (Å²) in [5.74, 6) is -0.162. The zero-order valence-corrected chi connectivity index (χ0v) is 17.5. The third-order valence-corrected chi connectivity index (χ3v) is 7.18. The number of hydrogen-bond donors (Lipinski definition) is 1. The first-order valence-electron chi connectivity index (χ1n) is 8.87. The van der Waals surface area contributed by atoms with E-state index >= 15 is 0 Å². The van der Waals surface area contributed by atoms with Crippen molar-refractivity contribution in [2.45, 2.75) is 28.9 Å². The number of pyridine rings is 1. The van der Waals surface area contributed by atoms with E-state index in [4.69, 9.17) is 0 Å². The predicted octanol–water partition coefficient (Wildman–Crippen LogP) is 4.39. The molecule has 2 aromatic carbocycles. The number of carbonyl (C=O) groups excluding carboxylic acids is 1. The Morgan fingerprint density at radius 1 is 1.04 bits per heavy atom. The van der Waals surface area contributed by atoms with Crippen molar-refractivity contribution >= 4 is 44.1 Å². The number of anilines is 1. The average Bonchev–Trinajstić information content (AvgIpc) is 2.65. The molecule has 0 bridgehead atoms. The molecular weight excluding hydrogens is 392 g/mol. The predicted molar refractivity (Wildman–Crippen MR) is 114 cm³/mol. The van der Waals surface area contributed by atoms with Gasteiger partial charge in [-0.25, -0.2) is 8.42 Å². The number of nitrogens with zero attached hydrogens (tertiary/aromatic N) is 1. The van der Waals surface area contributed by atoms with Crippen LogP contribution in [0.4, 0.5) is 5.69 Å². The smallest absolute Gasteiger partial charge is 0.238 e. The molecule has 0 fully saturated rings. The van der Waals surface area contributed by atoms with E-state index in [0.29, 0.717) is 10.6 Å². The van der Waals surface area contributed by atoms with E-state index in [0.717, 1.165) is 10.9 Å². The normalized spacial score (nSPS) is 12.9. The van der Waals surface area contributed by atoms with E-state index in [9.17, 15) is 13.2 Å². The number of sulfone groups is 1. The van der Waals surface area contributed by atoms with Crippen LogP contribution in [0.25, 0.3) is 10.9 Å². The monoisotopic (exact) mass is 414 g/mol. The van der Waals surface area contributed by atoms with Crippen molar-refractivity contribution in [2.24, 2.45) is 5.92 Å². The molecule has 1 heterocycles. The largest absolute Gasteiger partial charge is 0.324 e. The summed E-state index contributed by atoms with van der Waals surface area (Å²) in [5, 5.41) is 3.41. The highest BCUT2D eigenvalue weighted by Crippen LogP contribution is 2.34. The fourth-order valence-electron chi connectivity index (χ4n) is 2.90. The molecule has 1 aromatic heterocycles. The van der Waals surface area contributed by atoms with Crippen LogP contribution in [0.2, 0.25) is 0 Å². The summed E-state index contributed by atoms with van der Waals surface area (Å²) in [6.07, 6.45) is 2.89. The number of carbonyl (C=O) groups is 1. The van der Waals surface area contributed by atoms with Gasteiger partial charge in [-0.3, -0.25) is 9.78 Å². The molecule has 0 spiro atoms. The molecule has 1 N–H and O–H groups in total. The van der Waals surface area contributed by atoms with Crippen molar-refractivity contribution in [1.29, 1.82) is 0 Å². The Hall–Kier alpha value is -2.38. The number of benzene rings is 2. The van der Waals surface area contributed by atoms with E-state index in [1.54, 1.807) is 30.5 Å². The van der Waals surface area contributed by atoms with E-state index in [1.807, 2.05) is 44.2 Å². The molecule has 1 unspecified atom stereocenters. The van der Waals surface area contributed by atoms with Gasteiger partial charge in [0, 0.05) is 22.7 Å². The first-order valence-corrected chi connectivity index (χ1v) is 11.6. The lowest BCUT2D eigenvalue weighted by Crippen LogP contribution is -2.29. The maximum absolute atomic E-state index is 13.1. The van der Waals surface area contributed by atoms with Gasteiger partial charge in [-0.2, -0.15) is 0 Å². The number of thioether (sulfide) groups is 1. The second-order valence-electron chi connectivity index (χ2n) is 6.87. The van der Waals surface area contributed by atoms with Gasteiger partial charge in [0.2, 0.25) is 5.91 Å². The second-order valence-corrected chi connectivity index (χ2v) is 10.0. The molecule has 5 nitrogen and oxygen atoms in total. The lowest BCUT2D eigenvalue weighted by atomic mass is 10.1. The van der Waals surface area contributed by atoms with Crippen LogP contribution >= 0.6 is 11.8 Å². The lowest BCUT2D eigenvalue weighted by Gasteiger charge is -2.21. The number of nitrogens with one attached hydrogen (secondary N) is 1. The van der Waals surface area contributed by atoms with Crippen LogP contribution in [0.3, 0.4) is 0 Å². The van der Waals surface area contributed by atoms with Gasteiger partial charge in [-0.15, -0.1) is 11.8 Å². The molecule has 0 aliphatic heterocycles. The van der Waals surface area contributed by atoms with E-state index in [2.05, 4.69) is 10.3 Å². The summed E-state index contributed by atoms with van der Waals surface area (Å²) in [5.41, 5.74) is 1.50. The molecular formula is C21H22N2O3S2. The topological polar surface area (TPSA) is 76.1 Å². The molecule has 146 valence electrons. The third-order valence-electron chi connectivity index (χ3n) is 4.27. The summed E-state index contributed by atoms with van der Waals surface area (Å²) >= 11 is 1.28. The zero-order valence-electron chi connectivity index (χ0n) is 15.9. The van der Waals surface area contributed by atoms with Crippen molar-refractivity contribution in [3.05, 3.63) is 60.8 Å². The number of fused-ring (bicyclic) bond motifs is 1. The molecule has 0 aliphatic carbocycles. The van der Waals surface area contributed by atoms with Crippen molar-refractivity contribution < 1.29 is 13.2 Å². The summed E-state index contributed by atoms with van der Waals surface area (Å²) < 4.78 is 24.2. The number of rotatable bonds is 6. The van der Waals surface area contributed by atoms with Crippen LogP contribution in [0, 0.1) is 5.92 Å². The zero-order chi connectivity index (χ0) is 20.3. The summed E-state index contributed by atoms with van der Waals surface area (Å²) in [6, 6.07) is 16.1. The molecule has 0 saturated carbocycles. The van der Waals surface area contributed by atoms with Crippen LogP contribution < -0.4 is 5.32 Å². The fraction of sp³-hybridized carbons (Fsp3) is 0.238. The van der Waals surface area contributed by atoms with Gasteiger partial charge in [0.05, 0.1) is 21.3 Å². The lowest BCUT2D eigenvalue weighted by molar-refractivity contribution is -0.116. The quantitative estimate of drug-likeness (QED) is 0.605. The molecule has 1 amide bonds. The Labute approximate surface area is 169 Å². The maximum atomic E-state index is 13.1. The van der Waals surface area contributed by atoms with Crippen LogP contribution in [0.1, 0.15) is 13.8 Å². The fourth-order valence-corrected chi connectivity index (χ4v) is 5.31. The Balaban J connectivity index is 1.90. The highest BCUT2D eigenvalue weighted by molar-refractivity contribution is 8.01. The maximum Gasteiger partial charge on any atom is 0.238 e. The van der Waals surface area contributed by atoms with Gasteiger partial charge >= 0.3 is 0 Å². The van der Waals surface area contributed by atoms with Crippen LogP contribution in [0.5, 0.6) is 0 Å². The van der Waals surface area contributed by atoms with Gasteiger partial charge in [0.25, 0.3) is 0 Å². The van der Waals surface area contributed by atoms with Crippen molar-refractivity contribution in [3.8, 4) is 0 Å². The molecule has 3 aromatic rings. The summed E-state index contributed by atoms with van der Waals surface area (Å²) in [6.45, 7) is 3.90. The first-order chi connectivity index (χ1) is 13.3. The first kappa shape index (κ1) is 20.4. The van der Waals surface area contributed by atoms with Crippen molar-refractivity contribution in [1.82, 2.24) is 4.98 Å². The van der Waals surface area contributed by atoms with E-state index in [-0.39, 0.29) is 16.7 Å². The van der Waals surface area contributed by atoms with Gasteiger partial charge in [0.15, 0.2) is 9.84 Å². The minimum absolute atomic E-state index is 0.00529. The standard InChI is InChI=1S/C21H22N2O3S2/c1-14(2)20(27-18-11-4-5-12-19(18)28(3,25)26)21(24)23-17-10-6-9-16-15(17)8-7-13-22-16/h4-14,20H,1-3H3,(H,23,24). The Bertz CT molecular complexity index is 1110. The summed E-state index contributed by atoms with van der Waals surface area (Å²) in [7, 11) is -3.38. The molecule has 1 atom stereocenters. The Morgan fingerprint density at radius 2 is 1.79 bits per heavy atom. The third kappa shape index (κ3) is 4.54. The molecule has 7 heteroatoms. The number of hydrogen-bond acceptors (Lipinski definition) is 5. The minimum Gasteiger partial charge on any atom is -0.324 e. The SMILES string of the molecule is CC(C)C(Sc1ccccc1S(C)(=O)=O)C(=O)Nc1cccc2ncccc12. The number of amides is 1. The molecule has 28 heavy (non-hydrogen) atoms. The van der Waals surface area contributed by atoms with Crippen LogP contribution in [-0.2, 0) is 14.6 Å². The van der Waals surface area contributed by atoms with Crippen LogP contribution in [-0.4, -0.2) is 30.8 Å². The van der Waals surface area contributed by atoms with E-state index < -0.39 is 15.1 Å². The van der Waals surface area contributed by atoms with E-state index in [1.165, 1.54) is 18.0 Å². The summed E-state index contributed by atoms with van der Waals surface area (Å²) in [4.78, 5) is 18.2. The Kier molecular flexibility index (Phi) is 6.05. The molecule has 3 rings (SSSR count). The second kappa shape index (κ2) is 8.32. The molecule has 0 aliphatic rings. The number of aromatic nitrogens is 1. The highest BCUT2D eigenvalue weighted by Gasteiger charge is 2.26. The minimum atomic E-state index is -3.38. The average molecular weight is 415 g/mol.